The second-order valence-electron chi connectivity index (χ2n) is 10.6. The first-order valence-electron chi connectivity index (χ1n) is 14.1. The average molecular weight is 597 g/mol. The van der Waals surface area contributed by atoms with Crippen molar-refractivity contribution >= 4 is 17.3 Å². The Labute approximate surface area is 247 Å². The van der Waals surface area contributed by atoms with E-state index in [2.05, 4.69) is 19.8 Å². The molecule has 11 heteroatoms. The Morgan fingerprint density at radius 3 is 2.07 bits per heavy atom. The number of rotatable bonds is 10. The topological polar surface area (TPSA) is 48.4 Å². The summed E-state index contributed by atoms with van der Waals surface area (Å²) < 4.78 is 66.0. The summed E-state index contributed by atoms with van der Waals surface area (Å²) >= 11 is 0. The molecule has 0 unspecified atom stereocenters. The van der Waals surface area contributed by atoms with E-state index in [0.717, 1.165) is 29.1 Å². The van der Waals surface area contributed by atoms with Crippen molar-refractivity contribution in [3.8, 4) is 11.3 Å². The summed E-state index contributed by atoms with van der Waals surface area (Å²) in [6.45, 7) is 0.0881. The monoisotopic (exact) mass is 596 g/mol. The van der Waals surface area contributed by atoms with Gasteiger partial charge in [0.2, 0.25) is 5.95 Å². The minimum atomic E-state index is -4.42. The van der Waals surface area contributed by atoms with Crippen molar-refractivity contribution in [3.63, 3.8) is 0 Å². The first-order chi connectivity index (χ1) is 20.8. The molecule has 1 saturated heterocycles. The van der Waals surface area contributed by atoms with E-state index in [0.29, 0.717) is 49.7 Å². The van der Waals surface area contributed by atoms with Gasteiger partial charge in [0, 0.05) is 68.3 Å². The van der Waals surface area contributed by atoms with E-state index in [9.17, 15) is 22.0 Å². The number of aromatic nitrogens is 3. The van der Waals surface area contributed by atoms with Crippen LogP contribution in [0.25, 0.3) is 11.3 Å². The minimum absolute atomic E-state index is 0.00172. The Balaban J connectivity index is 1.40. The summed E-state index contributed by atoms with van der Waals surface area (Å²) in [7, 11) is 1.98. The molecule has 4 aromatic rings. The molecular formula is C32H33F5N6. The standard InChI is InChI=1S/C32H33F5N6/c1-41(27-10-15-38-16-11-27)26-8-2-23(3-9-26)22-43(28-13-18-42(19-14-28)29(20-33)21-34)31-39-17-12-30(40-31)24-4-6-25(7-5-24)32(35,36)37/h2-12,15-17,28-29H,13-14,18-22H2,1H3. The van der Waals surface area contributed by atoms with Gasteiger partial charge in [-0.2, -0.15) is 13.2 Å². The largest absolute Gasteiger partial charge is 0.416 e. The van der Waals surface area contributed by atoms with Gasteiger partial charge >= 0.3 is 6.18 Å². The van der Waals surface area contributed by atoms with Gasteiger partial charge in [-0.05, 0) is 60.9 Å². The molecule has 6 nitrogen and oxygen atoms in total. The van der Waals surface area contributed by atoms with Crippen LogP contribution in [0.1, 0.15) is 24.0 Å². The van der Waals surface area contributed by atoms with Crippen molar-refractivity contribution < 1.29 is 22.0 Å². The molecule has 1 aliphatic heterocycles. The molecule has 43 heavy (non-hydrogen) atoms. The quantitative estimate of drug-likeness (QED) is 0.182. The zero-order valence-electron chi connectivity index (χ0n) is 23.8. The highest BCUT2D eigenvalue weighted by Crippen LogP contribution is 2.32. The molecule has 226 valence electrons. The highest BCUT2D eigenvalue weighted by molar-refractivity contribution is 5.63. The Morgan fingerprint density at radius 2 is 1.47 bits per heavy atom. The zero-order valence-corrected chi connectivity index (χ0v) is 23.8. The number of nitrogens with zero attached hydrogens (tertiary/aromatic N) is 6. The summed E-state index contributed by atoms with van der Waals surface area (Å²) in [5.41, 5.74) is 3.34. The van der Waals surface area contributed by atoms with E-state index < -0.39 is 31.1 Å². The van der Waals surface area contributed by atoms with Crippen LogP contribution in [-0.4, -0.2) is 65.4 Å². The van der Waals surface area contributed by atoms with Gasteiger partial charge in [-0.25, -0.2) is 18.7 Å². The Morgan fingerprint density at radius 1 is 0.837 bits per heavy atom. The lowest BCUT2D eigenvalue weighted by Crippen LogP contribution is -2.49. The number of likely N-dealkylation sites (tertiary alicyclic amines) is 1. The Hall–Kier alpha value is -4.12. The second kappa shape index (κ2) is 13.5. The van der Waals surface area contributed by atoms with Gasteiger partial charge in [-0.1, -0.05) is 24.3 Å². The number of anilines is 3. The molecule has 0 radical (unpaired) electrons. The predicted octanol–water partition coefficient (Wildman–Crippen LogP) is 7.10. The number of alkyl halides is 5. The minimum Gasteiger partial charge on any atom is -0.345 e. The molecule has 0 aliphatic carbocycles. The number of benzene rings is 2. The maximum absolute atomic E-state index is 13.4. The lowest BCUT2D eigenvalue weighted by atomic mass is 10.0. The van der Waals surface area contributed by atoms with Crippen molar-refractivity contribution in [2.45, 2.75) is 37.6 Å². The summed E-state index contributed by atoms with van der Waals surface area (Å²) in [6, 6.07) is 17.8. The summed E-state index contributed by atoms with van der Waals surface area (Å²) in [5, 5.41) is 0. The third-order valence-electron chi connectivity index (χ3n) is 7.95. The number of pyridine rings is 1. The van der Waals surface area contributed by atoms with Crippen LogP contribution in [0.15, 0.2) is 85.3 Å². The third kappa shape index (κ3) is 7.27. The molecular weight excluding hydrogens is 563 g/mol. The van der Waals surface area contributed by atoms with Crippen LogP contribution < -0.4 is 9.80 Å². The second-order valence-corrected chi connectivity index (χ2v) is 10.6. The van der Waals surface area contributed by atoms with Gasteiger partial charge in [0.25, 0.3) is 0 Å². The average Bonchev–Trinajstić information content (AvgIpc) is 3.05. The van der Waals surface area contributed by atoms with Gasteiger partial charge in [0.05, 0.1) is 17.3 Å². The third-order valence-corrected chi connectivity index (χ3v) is 7.95. The summed E-state index contributed by atoms with van der Waals surface area (Å²) in [5.74, 6) is 0.446. The smallest absolute Gasteiger partial charge is 0.345 e. The van der Waals surface area contributed by atoms with Gasteiger partial charge in [0.1, 0.15) is 13.3 Å². The number of halogens is 5. The Kier molecular flexibility index (Phi) is 9.49. The number of hydrogen-bond acceptors (Lipinski definition) is 6. The zero-order chi connectivity index (χ0) is 30.4. The molecule has 1 aliphatic rings. The van der Waals surface area contributed by atoms with Crippen molar-refractivity contribution in [1.29, 1.82) is 0 Å². The van der Waals surface area contributed by atoms with Crippen LogP contribution in [0.5, 0.6) is 0 Å². The van der Waals surface area contributed by atoms with E-state index in [-0.39, 0.29) is 6.04 Å². The van der Waals surface area contributed by atoms with Crippen LogP contribution in [0.3, 0.4) is 0 Å². The first-order valence-corrected chi connectivity index (χ1v) is 14.1. The fourth-order valence-electron chi connectivity index (χ4n) is 5.38. The summed E-state index contributed by atoms with van der Waals surface area (Å²) in [6.07, 6.45) is 1.98. The molecule has 2 aromatic carbocycles. The lowest BCUT2D eigenvalue weighted by Gasteiger charge is -2.40. The molecule has 0 spiro atoms. The van der Waals surface area contributed by atoms with Gasteiger partial charge < -0.3 is 9.80 Å². The van der Waals surface area contributed by atoms with Crippen LogP contribution in [0, 0.1) is 0 Å². The predicted molar refractivity (Wildman–Crippen MR) is 158 cm³/mol. The maximum atomic E-state index is 13.4. The first kappa shape index (κ1) is 30.3. The van der Waals surface area contributed by atoms with Crippen LogP contribution in [-0.2, 0) is 12.7 Å². The normalized spacial score (nSPS) is 14.7. The molecule has 1 fully saturated rings. The fraction of sp³-hybridized carbons (Fsp3) is 0.344. The van der Waals surface area contributed by atoms with Gasteiger partial charge in [-0.15, -0.1) is 0 Å². The molecule has 5 rings (SSSR count). The molecule has 2 aromatic heterocycles. The van der Waals surface area contributed by atoms with Crippen LogP contribution in [0.2, 0.25) is 0 Å². The van der Waals surface area contributed by atoms with E-state index >= 15 is 0 Å². The lowest BCUT2D eigenvalue weighted by molar-refractivity contribution is -0.137. The van der Waals surface area contributed by atoms with Crippen LogP contribution in [0.4, 0.5) is 39.3 Å². The van der Waals surface area contributed by atoms with E-state index in [1.165, 1.54) is 12.1 Å². The van der Waals surface area contributed by atoms with Crippen molar-refractivity contribution in [2.24, 2.45) is 0 Å². The molecule has 0 N–H and O–H groups in total. The highest BCUT2D eigenvalue weighted by Gasteiger charge is 2.31. The van der Waals surface area contributed by atoms with E-state index in [1.54, 1.807) is 24.7 Å². The van der Waals surface area contributed by atoms with Crippen molar-refractivity contribution in [3.05, 3.63) is 96.4 Å². The molecule has 0 amide bonds. The Bertz CT molecular complexity index is 1440. The number of hydrogen-bond donors (Lipinski definition) is 0. The van der Waals surface area contributed by atoms with Crippen molar-refractivity contribution in [1.82, 2.24) is 19.9 Å². The number of piperidine rings is 1. The van der Waals surface area contributed by atoms with E-state index in [1.807, 2.05) is 48.3 Å². The molecule has 0 atom stereocenters. The maximum Gasteiger partial charge on any atom is 0.416 e. The van der Waals surface area contributed by atoms with Crippen LogP contribution >= 0.6 is 0 Å². The van der Waals surface area contributed by atoms with Crippen molar-refractivity contribution in [2.75, 3.05) is 43.3 Å². The molecule has 3 heterocycles. The molecule has 0 saturated carbocycles. The SMILES string of the molecule is CN(c1ccncc1)c1ccc(CN(c2nccc(-c3ccc(C(F)(F)F)cc3)n2)C2CCN(C(CF)CF)CC2)cc1. The fourth-order valence-corrected chi connectivity index (χ4v) is 5.38. The molecule has 0 bridgehead atoms. The van der Waals surface area contributed by atoms with E-state index in [4.69, 9.17) is 4.98 Å². The summed E-state index contributed by atoms with van der Waals surface area (Å²) in [4.78, 5) is 19.4. The van der Waals surface area contributed by atoms with Gasteiger partial charge in [-0.3, -0.25) is 9.88 Å². The highest BCUT2D eigenvalue weighted by atomic mass is 19.4. The van der Waals surface area contributed by atoms with Gasteiger partial charge in [0.15, 0.2) is 0 Å².